The molecule has 2 rings (SSSR count). The highest BCUT2D eigenvalue weighted by molar-refractivity contribution is 7.10. The van der Waals surface area contributed by atoms with Crippen LogP contribution in [0.15, 0.2) is 17.5 Å². The van der Waals surface area contributed by atoms with Gasteiger partial charge < -0.3 is 10.6 Å². The molecule has 19 heavy (non-hydrogen) atoms. The maximum Gasteiger partial charge on any atom is 0.0588 e. The number of hydrogen-bond donors (Lipinski definition) is 1. The molecule has 1 aliphatic rings. The molecular formula is C15H27N3S. The van der Waals surface area contributed by atoms with E-state index in [1.807, 2.05) is 11.3 Å². The van der Waals surface area contributed by atoms with E-state index in [1.165, 1.54) is 24.1 Å². The standard InChI is InChI=1S/C15H27N3S/c1-12(16)14(13-7-5-10-19-13)18(4)11-15(17(2)3)8-6-9-15/h5,7,10,12,14H,6,8-9,11,16H2,1-4H3. The third kappa shape index (κ3) is 3.02. The summed E-state index contributed by atoms with van der Waals surface area (Å²) in [5.41, 5.74) is 6.59. The van der Waals surface area contributed by atoms with E-state index in [0.717, 1.165) is 6.54 Å². The molecule has 2 unspecified atom stereocenters. The van der Waals surface area contributed by atoms with E-state index >= 15 is 0 Å². The highest BCUT2D eigenvalue weighted by atomic mass is 32.1. The molecule has 4 heteroatoms. The van der Waals surface area contributed by atoms with Crippen LogP contribution < -0.4 is 5.73 Å². The molecule has 0 amide bonds. The van der Waals surface area contributed by atoms with Crippen molar-refractivity contribution in [3.63, 3.8) is 0 Å². The molecule has 1 aromatic heterocycles. The molecule has 0 aromatic carbocycles. The molecule has 0 bridgehead atoms. The van der Waals surface area contributed by atoms with Gasteiger partial charge in [0.2, 0.25) is 0 Å². The molecule has 2 atom stereocenters. The van der Waals surface area contributed by atoms with Gasteiger partial charge in [0.25, 0.3) is 0 Å². The third-order valence-electron chi connectivity index (χ3n) is 4.58. The monoisotopic (exact) mass is 281 g/mol. The van der Waals surface area contributed by atoms with Gasteiger partial charge in [-0.2, -0.15) is 0 Å². The van der Waals surface area contributed by atoms with Crippen molar-refractivity contribution in [2.24, 2.45) is 5.73 Å². The van der Waals surface area contributed by atoms with Crippen molar-refractivity contribution in [1.82, 2.24) is 9.80 Å². The van der Waals surface area contributed by atoms with Crippen LogP contribution in [-0.2, 0) is 0 Å². The molecule has 0 spiro atoms. The Balaban J connectivity index is 2.10. The molecule has 108 valence electrons. The van der Waals surface area contributed by atoms with Crippen LogP contribution >= 0.6 is 11.3 Å². The van der Waals surface area contributed by atoms with Crippen LogP contribution in [0.4, 0.5) is 0 Å². The third-order valence-corrected chi connectivity index (χ3v) is 5.53. The second-order valence-electron chi connectivity index (χ2n) is 6.21. The number of thiophene rings is 1. The first-order valence-corrected chi connectivity index (χ1v) is 8.01. The van der Waals surface area contributed by atoms with Gasteiger partial charge in [-0.3, -0.25) is 4.90 Å². The van der Waals surface area contributed by atoms with Crippen molar-refractivity contribution >= 4 is 11.3 Å². The normalized spacial score (nSPS) is 21.4. The predicted molar refractivity (Wildman–Crippen MR) is 83.6 cm³/mol. The smallest absolute Gasteiger partial charge is 0.0588 e. The predicted octanol–water partition coefficient (Wildman–Crippen LogP) is 2.55. The van der Waals surface area contributed by atoms with Gasteiger partial charge in [-0.15, -0.1) is 11.3 Å². The molecule has 1 aromatic rings. The van der Waals surface area contributed by atoms with Gasteiger partial charge in [0.1, 0.15) is 0 Å². The Labute approximate surface area is 121 Å². The second kappa shape index (κ2) is 5.92. The van der Waals surface area contributed by atoms with Crippen molar-refractivity contribution in [3.05, 3.63) is 22.4 Å². The van der Waals surface area contributed by atoms with Gasteiger partial charge >= 0.3 is 0 Å². The zero-order chi connectivity index (χ0) is 14.0. The van der Waals surface area contributed by atoms with Gasteiger partial charge in [0.15, 0.2) is 0 Å². The Morgan fingerprint density at radius 1 is 1.37 bits per heavy atom. The van der Waals surface area contributed by atoms with Crippen LogP contribution in [0.5, 0.6) is 0 Å². The Kier molecular flexibility index (Phi) is 4.66. The summed E-state index contributed by atoms with van der Waals surface area (Å²) in [7, 11) is 6.63. The first kappa shape index (κ1) is 15.0. The molecule has 0 saturated heterocycles. The summed E-state index contributed by atoms with van der Waals surface area (Å²) >= 11 is 1.81. The SMILES string of the molecule is CC(N)C(c1cccs1)N(C)CC1(N(C)C)CCC1. The van der Waals surface area contributed by atoms with E-state index < -0.39 is 0 Å². The largest absolute Gasteiger partial charge is 0.326 e. The van der Waals surface area contributed by atoms with Gasteiger partial charge in [-0.25, -0.2) is 0 Å². The zero-order valence-electron chi connectivity index (χ0n) is 12.6. The highest BCUT2D eigenvalue weighted by Crippen LogP contribution is 2.38. The van der Waals surface area contributed by atoms with Crippen LogP contribution in [0.1, 0.15) is 37.1 Å². The van der Waals surface area contributed by atoms with Crippen LogP contribution in [0.2, 0.25) is 0 Å². The Morgan fingerprint density at radius 2 is 2.05 bits per heavy atom. The fourth-order valence-corrected chi connectivity index (χ4v) is 4.24. The molecule has 1 saturated carbocycles. The van der Waals surface area contributed by atoms with E-state index in [2.05, 4.69) is 55.4 Å². The molecule has 1 heterocycles. The van der Waals surface area contributed by atoms with Crippen LogP contribution in [0.3, 0.4) is 0 Å². The summed E-state index contributed by atoms with van der Waals surface area (Å²) in [4.78, 5) is 6.24. The van der Waals surface area contributed by atoms with Crippen molar-refractivity contribution in [3.8, 4) is 0 Å². The lowest BCUT2D eigenvalue weighted by Gasteiger charge is -2.50. The van der Waals surface area contributed by atoms with E-state index in [1.54, 1.807) is 0 Å². The van der Waals surface area contributed by atoms with Crippen LogP contribution in [0.25, 0.3) is 0 Å². The lowest BCUT2D eigenvalue weighted by atomic mass is 9.75. The molecule has 2 N–H and O–H groups in total. The molecular weight excluding hydrogens is 254 g/mol. The minimum absolute atomic E-state index is 0.155. The quantitative estimate of drug-likeness (QED) is 0.870. The molecule has 3 nitrogen and oxygen atoms in total. The number of rotatable bonds is 6. The molecule has 0 radical (unpaired) electrons. The lowest BCUT2D eigenvalue weighted by Crippen LogP contribution is -2.57. The van der Waals surface area contributed by atoms with Crippen molar-refractivity contribution in [2.75, 3.05) is 27.7 Å². The minimum atomic E-state index is 0.155. The maximum atomic E-state index is 6.23. The number of hydrogen-bond acceptors (Lipinski definition) is 4. The number of nitrogens with zero attached hydrogens (tertiary/aromatic N) is 2. The van der Waals surface area contributed by atoms with E-state index in [0.29, 0.717) is 11.6 Å². The maximum absolute atomic E-state index is 6.23. The van der Waals surface area contributed by atoms with Crippen molar-refractivity contribution < 1.29 is 0 Å². The van der Waals surface area contributed by atoms with Gasteiger partial charge in [-0.1, -0.05) is 6.07 Å². The summed E-state index contributed by atoms with van der Waals surface area (Å²) in [6, 6.07) is 4.81. The Morgan fingerprint density at radius 3 is 2.42 bits per heavy atom. The lowest BCUT2D eigenvalue weighted by molar-refractivity contribution is 0.0135. The van der Waals surface area contributed by atoms with E-state index in [9.17, 15) is 0 Å². The van der Waals surface area contributed by atoms with E-state index in [-0.39, 0.29) is 6.04 Å². The summed E-state index contributed by atoms with van der Waals surface area (Å²) in [6.45, 7) is 3.22. The minimum Gasteiger partial charge on any atom is -0.326 e. The van der Waals surface area contributed by atoms with Gasteiger partial charge in [0.05, 0.1) is 6.04 Å². The molecule has 0 aliphatic heterocycles. The second-order valence-corrected chi connectivity index (χ2v) is 7.19. The first-order valence-electron chi connectivity index (χ1n) is 7.13. The van der Waals surface area contributed by atoms with Crippen molar-refractivity contribution in [1.29, 1.82) is 0 Å². The van der Waals surface area contributed by atoms with Crippen LogP contribution in [0, 0.1) is 0 Å². The average Bonchev–Trinajstić information content (AvgIpc) is 2.75. The summed E-state index contributed by atoms with van der Waals surface area (Å²) in [6.07, 6.45) is 3.97. The van der Waals surface area contributed by atoms with E-state index in [4.69, 9.17) is 5.73 Å². The van der Waals surface area contributed by atoms with Crippen molar-refractivity contribution in [2.45, 2.75) is 43.8 Å². The topological polar surface area (TPSA) is 32.5 Å². The first-order chi connectivity index (χ1) is 8.96. The Hall–Kier alpha value is -0.420. The zero-order valence-corrected chi connectivity index (χ0v) is 13.4. The summed E-state index contributed by atoms with van der Waals surface area (Å²) < 4.78 is 0. The van der Waals surface area contributed by atoms with Gasteiger partial charge in [0, 0.05) is 23.0 Å². The fourth-order valence-electron chi connectivity index (χ4n) is 3.23. The summed E-state index contributed by atoms with van der Waals surface area (Å²) in [5, 5.41) is 2.14. The molecule has 1 aliphatic carbocycles. The number of likely N-dealkylation sites (N-methyl/N-ethyl adjacent to an activating group) is 2. The fraction of sp³-hybridized carbons (Fsp3) is 0.733. The average molecular weight is 281 g/mol. The highest BCUT2D eigenvalue weighted by Gasteiger charge is 2.41. The number of nitrogens with two attached hydrogens (primary N) is 1. The Bertz CT molecular complexity index is 382. The van der Waals surface area contributed by atoms with Crippen LogP contribution in [-0.4, -0.2) is 49.1 Å². The summed E-state index contributed by atoms with van der Waals surface area (Å²) in [5.74, 6) is 0. The van der Waals surface area contributed by atoms with Gasteiger partial charge in [-0.05, 0) is 58.8 Å². The molecule has 1 fully saturated rings.